The summed E-state index contributed by atoms with van der Waals surface area (Å²) in [5.74, 6) is 0. The van der Waals surface area contributed by atoms with Crippen LogP contribution in [-0.4, -0.2) is 23.8 Å². The van der Waals surface area contributed by atoms with Crippen molar-refractivity contribution in [1.82, 2.24) is 0 Å². The lowest BCUT2D eigenvalue weighted by atomic mass is 10.3. The smallest absolute Gasteiger partial charge is 0.127 e. The van der Waals surface area contributed by atoms with Crippen LogP contribution in [0.3, 0.4) is 0 Å². The summed E-state index contributed by atoms with van der Waals surface area (Å²) in [6.45, 7) is 2.76. The summed E-state index contributed by atoms with van der Waals surface area (Å²) in [6, 6.07) is 9.83. The maximum absolute atomic E-state index is 8.92. The van der Waals surface area contributed by atoms with E-state index in [0.29, 0.717) is 0 Å². The van der Waals surface area contributed by atoms with Crippen molar-refractivity contribution in [1.29, 1.82) is 0 Å². The van der Waals surface area contributed by atoms with Crippen molar-refractivity contribution in [2.45, 2.75) is 12.4 Å². The zero-order valence-corrected chi connectivity index (χ0v) is 8.41. The second-order valence-electron chi connectivity index (χ2n) is 2.74. The number of aliphatic hydroxyl groups is 1. The summed E-state index contributed by atoms with van der Waals surface area (Å²) in [5, 5.41) is 8.92. The fourth-order valence-corrected chi connectivity index (χ4v) is 1.51. The van der Waals surface area contributed by atoms with Crippen molar-refractivity contribution in [3.05, 3.63) is 30.3 Å². The van der Waals surface area contributed by atoms with Crippen LogP contribution < -0.4 is 4.90 Å². The van der Waals surface area contributed by atoms with Gasteiger partial charge in [0.1, 0.15) is 5.50 Å². The Morgan fingerprint density at radius 2 is 2.00 bits per heavy atom. The van der Waals surface area contributed by atoms with Crippen molar-refractivity contribution < 1.29 is 5.11 Å². The van der Waals surface area contributed by atoms with E-state index in [9.17, 15) is 0 Å². The maximum atomic E-state index is 8.92. The van der Waals surface area contributed by atoms with Crippen molar-refractivity contribution in [3.8, 4) is 0 Å². The number of halogens is 1. The number of hydrogen-bond acceptors (Lipinski definition) is 2. The molecule has 0 aliphatic heterocycles. The number of hydrogen-bond donors (Lipinski definition) is 1. The normalized spacial score (nSPS) is 12.5. The molecule has 0 heterocycles. The van der Waals surface area contributed by atoms with Crippen LogP contribution in [0.4, 0.5) is 5.69 Å². The molecule has 2 nitrogen and oxygen atoms in total. The average molecular weight is 200 g/mol. The molecule has 1 aromatic rings. The molecule has 1 unspecified atom stereocenters. The minimum Gasteiger partial charge on any atom is -0.393 e. The van der Waals surface area contributed by atoms with Gasteiger partial charge in [-0.3, -0.25) is 0 Å². The van der Waals surface area contributed by atoms with Gasteiger partial charge in [0, 0.05) is 12.2 Å². The Morgan fingerprint density at radius 3 is 2.46 bits per heavy atom. The molecule has 3 heteroatoms. The molecule has 0 aromatic heterocycles. The van der Waals surface area contributed by atoms with Crippen LogP contribution in [0.2, 0.25) is 0 Å². The topological polar surface area (TPSA) is 23.5 Å². The molecule has 1 rings (SSSR count). The summed E-state index contributed by atoms with van der Waals surface area (Å²) < 4.78 is 0. The van der Waals surface area contributed by atoms with E-state index in [1.807, 2.05) is 42.2 Å². The van der Waals surface area contributed by atoms with Crippen LogP contribution >= 0.6 is 11.6 Å². The number of alkyl halides is 1. The van der Waals surface area contributed by atoms with Gasteiger partial charge in [0.25, 0.3) is 0 Å². The first kappa shape index (κ1) is 10.4. The minimum absolute atomic E-state index is 0.0374. The van der Waals surface area contributed by atoms with Crippen molar-refractivity contribution in [2.75, 3.05) is 18.1 Å². The van der Waals surface area contributed by atoms with Gasteiger partial charge in [-0.25, -0.2) is 0 Å². The first-order valence-corrected chi connectivity index (χ1v) is 4.79. The first-order valence-electron chi connectivity index (χ1n) is 4.36. The van der Waals surface area contributed by atoms with E-state index >= 15 is 0 Å². The van der Waals surface area contributed by atoms with Crippen LogP contribution in [-0.2, 0) is 0 Å². The molecule has 1 atom stereocenters. The molecule has 0 bridgehead atoms. The molecule has 0 aliphatic carbocycles. The Kier molecular flexibility index (Phi) is 4.06. The lowest BCUT2D eigenvalue weighted by Crippen LogP contribution is -2.33. The number of anilines is 1. The predicted molar refractivity (Wildman–Crippen MR) is 56.2 cm³/mol. The molecule has 0 aliphatic rings. The third kappa shape index (κ3) is 2.61. The van der Waals surface area contributed by atoms with Crippen LogP contribution in [0.1, 0.15) is 6.92 Å². The number of aliphatic hydroxyl groups excluding tert-OH is 1. The van der Waals surface area contributed by atoms with Crippen molar-refractivity contribution in [3.63, 3.8) is 0 Å². The average Bonchev–Trinajstić information content (AvgIpc) is 2.20. The molecule has 0 fully saturated rings. The van der Waals surface area contributed by atoms with Gasteiger partial charge in [-0.15, -0.1) is 0 Å². The van der Waals surface area contributed by atoms with Gasteiger partial charge in [0.2, 0.25) is 0 Å². The highest BCUT2D eigenvalue weighted by Crippen LogP contribution is 2.17. The Balaban J connectivity index is 2.78. The SMILES string of the molecule is CCN(c1ccccc1)C(Cl)CO. The van der Waals surface area contributed by atoms with Crippen LogP contribution in [0.5, 0.6) is 0 Å². The minimum atomic E-state index is -0.340. The molecular formula is C10H14ClNO. The zero-order chi connectivity index (χ0) is 9.68. The predicted octanol–water partition coefficient (Wildman–Crippen LogP) is 2.07. The highest BCUT2D eigenvalue weighted by Gasteiger charge is 2.12. The van der Waals surface area contributed by atoms with E-state index in [1.165, 1.54) is 0 Å². The van der Waals surface area contributed by atoms with Crippen LogP contribution in [0.25, 0.3) is 0 Å². The first-order chi connectivity index (χ1) is 6.29. The second kappa shape index (κ2) is 5.10. The van der Waals surface area contributed by atoms with Gasteiger partial charge in [0.05, 0.1) is 6.61 Å². The molecular weight excluding hydrogens is 186 g/mol. The molecule has 0 saturated carbocycles. The highest BCUT2D eigenvalue weighted by molar-refractivity contribution is 6.21. The summed E-state index contributed by atoms with van der Waals surface area (Å²) in [4.78, 5) is 1.95. The van der Waals surface area contributed by atoms with Gasteiger partial charge in [0.15, 0.2) is 0 Å². The number of nitrogens with zero attached hydrogens (tertiary/aromatic N) is 1. The summed E-state index contributed by atoms with van der Waals surface area (Å²) in [7, 11) is 0. The van der Waals surface area contributed by atoms with E-state index in [2.05, 4.69) is 0 Å². The number of rotatable bonds is 4. The van der Waals surface area contributed by atoms with E-state index < -0.39 is 0 Å². The fourth-order valence-electron chi connectivity index (χ4n) is 1.26. The zero-order valence-electron chi connectivity index (χ0n) is 7.65. The van der Waals surface area contributed by atoms with Crippen molar-refractivity contribution in [2.24, 2.45) is 0 Å². The van der Waals surface area contributed by atoms with E-state index in [-0.39, 0.29) is 12.1 Å². The van der Waals surface area contributed by atoms with Crippen molar-refractivity contribution >= 4 is 17.3 Å². The molecule has 0 amide bonds. The summed E-state index contributed by atoms with van der Waals surface area (Å²) >= 11 is 5.94. The molecule has 72 valence electrons. The Morgan fingerprint density at radius 1 is 1.38 bits per heavy atom. The molecule has 0 radical (unpaired) electrons. The lowest BCUT2D eigenvalue weighted by Gasteiger charge is -2.26. The third-order valence-corrected chi connectivity index (χ3v) is 2.29. The van der Waals surface area contributed by atoms with Gasteiger partial charge < -0.3 is 10.0 Å². The van der Waals surface area contributed by atoms with E-state index in [4.69, 9.17) is 16.7 Å². The lowest BCUT2D eigenvalue weighted by molar-refractivity contribution is 0.289. The molecule has 13 heavy (non-hydrogen) atoms. The van der Waals surface area contributed by atoms with Crippen LogP contribution in [0, 0.1) is 0 Å². The Labute approximate surface area is 83.7 Å². The van der Waals surface area contributed by atoms with Gasteiger partial charge in [-0.05, 0) is 19.1 Å². The summed E-state index contributed by atoms with van der Waals surface area (Å²) in [5.41, 5.74) is 0.700. The monoisotopic (exact) mass is 199 g/mol. The quantitative estimate of drug-likeness (QED) is 0.593. The largest absolute Gasteiger partial charge is 0.393 e. The van der Waals surface area contributed by atoms with E-state index in [0.717, 1.165) is 12.2 Å². The summed E-state index contributed by atoms with van der Waals surface area (Å²) in [6.07, 6.45) is 0. The Bertz CT molecular complexity index is 240. The number of benzene rings is 1. The highest BCUT2D eigenvalue weighted by atomic mass is 35.5. The number of likely N-dealkylation sites (N-methyl/N-ethyl adjacent to an activating group) is 1. The number of para-hydroxylation sites is 1. The maximum Gasteiger partial charge on any atom is 0.127 e. The molecule has 0 saturated heterocycles. The van der Waals surface area contributed by atoms with E-state index in [1.54, 1.807) is 0 Å². The third-order valence-electron chi connectivity index (χ3n) is 1.92. The second-order valence-corrected chi connectivity index (χ2v) is 3.24. The fraction of sp³-hybridized carbons (Fsp3) is 0.400. The molecule has 0 spiro atoms. The van der Waals surface area contributed by atoms with Gasteiger partial charge in [-0.1, -0.05) is 29.8 Å². The molecule has 1 aromatic carbocycles. The van der Waals surface area contributed by atoms with Gasteiger partial charge >= 0.3 is 0 Å². The van der Waals surface area contributed by atoms with Gasteiger partial charge in [-0.2, -0.15) is 0 Å². The standard InChI is InChI=1S/C10H14ClNO/c1-2-12(10(11)8-13)9-6-4-3-5-7-9/h3-7,10,13H,2,8H2,1H3. The Hall–Kier alpha value is -0.730. The molecule has 1 N–H and O–H groups in total. The van der Waals surface area contributed by atoms with Crippen LogP contribution in [0.15, 0.2) is 30.3 Å².